The van der Waals surface area contributed by atoms with E-state index < -0.39 is 34.0 Å². The number of halogens is 5. The van der Waals surface area contributed by atoms with Crippen molar-refractivity contribution in [1.82, 2.24) is 4.98 Å². The number of H-pyrrole nitrogens is 1. The molecule has 0 bridgehead atoms. The third-order valence-electron chi connectivity index (χ3n) is 3.23. The van der Waals surface area contributed by atoms with Gasteiger partial charge in [0.15, 0.2) is 23.3 Å². The maximum atomic E-state index is 13.8. The molecule has 0 spiro atoms. The minimum Gasteiger partial charge on any atom is -0.497 e. The number of aromatic amines is 1. The number of fused-ring (bicyclic) bond motifs is 1. The third-order valence-corrected chi connectivity index (χ3v) is 4.35. The number of hydrogen-bond donors (Lipinski definition) is 1. The van der Waals surface area contributed by atoms with Gasteiger partial charge in [-0.1, -0.05) is 11.8 Å². The SMILES string of the molecule is COc1ccc2[nH]cc(Sc3c(F)c(F)c(F)c(F)c3F)c2c1. The average molecular weight is 345 g/mol. The van der Waals surface area contributed by atoms with E-state index in [0.29, 0.717) is 33.3 Å². The molecule has 2 aromatic carbocycles. The van der Waals surface area contributed by atoms with Crippen LogP contribution >= 0.6 is 11.8 Å². The molecule has 1 heterocycles. The fraction of sp³-hybridized carbons (Fsp3) is 0.0667. The summed E-state index contributed by atoms with van der Waals surface area (Å²) in [5, 5.41) is 0.540. The lowest BCUT2D eigenvalue weighted by Gasteiger charge is -2.07. The van der Waals surface area contributed by atoms with Crippen LogP contribution in [-0.4, -0.2) is 12.1 Å². The van der Waals surface area contributed by atoms with Crippen LogP contribution < -0.4 is 4.74 Å². The van der Waals surface area contributed by atoms with Gasteiger partial charge in [-0.25, -0.2) is 22.0 Å². The van der Waals surface area contributed by atoms with Gasteiger partial charge in [-0.2, -0.15) is 0 Å². The average Bonchev–Trinajstić information content (AvgIpc) is 2.97. The Labute approximate surface area is 131 Å². The molecular formula is C15H8F5NOS. The molecule has 0 amide bonds. The molecule has 0 atom stereocenters. The second-order valence-corrected chi connectivity index (χ2v) is 5.62. The van der Waals surface area contributed by atoms with Crippen LogP contribution in [0.5, 0.6) is 5.75 Å². The second kappa shape index (κ2) is 5.77. The molecule has 0 aliphatic rings. The van der Waals surface area contributed by atoms with E-state index in [1.165, 1.54) is 13.3 Å². The van der Waals surface area contributed by atoms with Gasteiger partial charge in [0.2, 0.25) is 5.82 Å². The van der Waals surface area contributed by atoms with Gasteiger partial charge in [0.1, 0.15) is 5.75 Å². The van der Waals surface area contributed by atoms with Crippen LogP contribution in [0.15, 0.2) is 34.2 Å². The minimum absolute atomic E-state index is 0.308. The zero-order valence-corrected chi connectivity index (χ0v) is 12.3. The molecule has 0 unspecified atom stereocenters. The van der Waals surface area contributed by atoms with E-state index in [-0.39, 0.29) is 0 Å². The lowest BCUT2D eigenvalue weighted by Crippen LogP contribution is -2.03. The standard InChI is InChI=1S/C15H8F5NOS/c1-22-6-2-3-8-7(4-6)9(5-21-8)23-15-13(19)11(17)10(16)12(18)14(15)20/h2-5,21H,1H3. The Kier molecular flexibility index (Phi) is 3.93. The van der Waals surface area contributed by atoms with Crippen LogP contribution in [0.4, 0.5) is 22.0 Å². The normalized spacial score (nSPS) is 11.2. The summed E-state index contributed by atoms with van der Waals surface area (Å²) in [4.78, 5) is 2.21. The van der Waals surface area contributed by atoms with E-state index in [1.54, 1.807) is 18.2 Å². The highest BCUT2D eigenvalue weighted by molar-refractivity contribution is 7.99. The van der Waals surface area contributed by atoms with Gasteiger partial charge in [0.05, 0.1) is 12.0 Å². The van der Waals surface area contributed by atoms with Crippen molar-refractivity contribution in [3.05, 3.63) is 53.5 Å². The molecule has 0 saturated carbocycles. The van der Waals surface area contributed by atoms with E-state index >= 15 is 0 Å². The third kappa shape index (κ3) is 2.52. The Hall–Kier alpha value is -2.22. The topological polar surface area (TPSA) is 25.0 Å². The van der Waals surface area contributed by atoms with E-state index in [2.05, 4.69) is 4.98 Å². The number of aromatic nitrogens is 1. The van der Waals surface area contributed by atoms with Crippen LogP contribution in [0, 0.1) is 29.1 Å². The lowest BCUT2D eigenvalue weighted by molar-refractivity contribution is 0.361. The molecule has 23 heavy (non-hydrogen) atoms. The largest absolute Gasteiger partial charge is 0.497 e. The highest BCUT2D eigenvalue weighted by atomic mass is 32.2. The van der Waals surface area contributed by atoms with Crippen molar-refractivity contribution < 1.29 is 26.7 Å². The van der Waals surface area contributed by atoms with Crippen molar-refractivity contribution in [2.45, 2.75) is 9.79 Å². The molecule has 3 aromatic rings. The lowest BCUT2D eigenvalue weighted by atomic mass is 10.2. The summed E-state index contributed by atoms with van der Waals surface area (Å²) >= 11 is 0.450. The number of rotatable bonds is 3. The first-order chi connectivity index (χ1) is 10.9. The predicted molar refractivity (Wildman–Crippen MR) is 75.2 cm³/mol. The van der Waals surface area contributed by atoms with Gasteiger partial charge in [0, 0.05) is 22.0 Å². The van der Waals surface area contributed by atoms with Crippen molar-refractivity contribution in [3.63, 3.8) is 0 Å². The first kappa shape index (κ1) is 15.7. The van der Waals surface area contributed by atoms with Gasteiger partial charge in [-0.15, -0.1) is 0 Å². The molecule has 0 aliphatic carbocycles. The van der Waals surface area contributed by atoms with Crippen LogP contribution in [0.25, 0.3) is 10.9 Å². The van der Waals surface area contributed by atoms with E-state index in [4.69, 9.17) is 4.74 Å². The van der Waals surface area contributed by atoms with Crippen molar-refractivity contribution in [2.24, 2.45) is 0 Å². The number of nitrogens with one attached hydrogen (secondary N) is 1. The quantitative estimate of drug-likeness (QED) is 0.409. The number of methoxy groups -OCH3 is 1. The van der Waals surface area contributed by atoms with Crippen LogP contribution in [0.3, 0.4) is 0 Å². The zero-order valence-electron chi connectivity index (χ0n) is 11.5. The van der Waals surface area contributed by atoms with Gasteiger partial charge in [0.25, 0.3) is 0 Å². The van der Waals surface area contributed by atoms with Gasteiger partial charge >= 0.3 is 0 Å². The number of ether oxygens (including phenoxy) is 1. The Morgan fingerprint density at radius 1 is 0.913 bits per heavy atom. The Morgan fingerprint density at radius 3 is 2.13 bits per heavy atom. The van der Waals surface area contributed by atoms with Crippen molar-refractivity contribution in [2.75, 3.05) is 7.11 Å². The molecule has 0 aliphatic heterocycles. The Bertz CT molecular complexity index is 880. The molecule has 8 heteroatoms. The molecular weight excluding hydrogens is 337 g/mol. The molecule has 0 radical (unpaired) electrons. The first-order valence-corrected chi connectivity index (χ1v) is 7.10. The summed E-state index contributed by atoms with van der Waals surface area (Å²) in [5.74, 6) is -9.33. The van der Waals surface area contributed by atoms with Crippen molar-refractivity contribution in [3.8, 4) is 5.75 Å². The molecule has 0 fully saturated rings. The Morgan fingerprint density at radius 2 is 1.52 bits per heavy atom. The van der Waals surface area contributed by atoms with E-state index in [9.17, 15) is 22.0 Å². The molecule has 2 nitrogen and oxygen atoms in total. The van der Waals surface area contributed by atoms with Crippen LogP contribution in [0.1, 0.15) is 0 Å². The predicted octanol–water partition coefficient (Wildman–Crippen LogP) is 5.02. The smallest absolute Gasteiger partial charge is 0.200 e. The summed E-state index contributed by atoms with van der Waals surface area (Å²) in [7, 11) is 1.45. The van der Waals surface area contributed by atoms with Crippen LogP contribution in [-0.2, 0) is 0 Å². The highest BCUT2D eigenvalue weighted by Crippen LogP contribution is 2.39. The summed E-state index contributed by atoms with van der Waals surface area (Å²) in [5.41, 5.74) is 0.636. The van der Waals surface area contributed by atoms with Crippen LogP contribution in [0.2, 0.25) is 0 Å². The number of benzene rings is 2. The minimum atomic E-state index is -2.18. The fourth-order valence-corrected chi connectivity index (χ4v) is 3.04. The first-order valence-electron chi connectivity index (χ1n) is 6.28. The van der Waals surface area contributed by atoms with Crippen molar-refractivity contribution >= 4 is 22.7 Å². The highest BCUT2D eigenvalue weighted by Gasteiger charge is 2.26. The summed E-state index contributed by atoms with van der Waals surface area (Å²) in [6.07, 6.45) is 1.42. The molecule has 1 N–H and O–H groups in total. The molecule has 3 rings (SSSR count). The van der Waals surface area contributed by atoms with Gasteiger partial charge in [-0.3, -0.25) is 0 Å². The molecule has 120 valence electrons. The second-order valence-electron chi connectivity index (χ2n) is 4.57. The van der Waals surface area contributed by atoms with Gasteiger partial charge in [-0.05, 0) is 18.2 Å². The van der Waals surface area contributed by atoms with E-state index in [1.807, 2.05) is 0 Å². The maximum absolute atomic E-state index is 13.8. The maximum Gasteiger partial charge on any atom is 0.200 e. The summed E-state index contributed by atoms with van der Waals surface area (Å²) < 4.78 is 72.2. The van der Waals surface area contributed by atoms with Crippen molar-refractivity contribution in [1.29, 1.82) is 0 Å². The Balaban J connectivity index is 2.13. The zero-order chi connectivity index (χ0) is 16.7. The van der Waals surface area contributed by atoms with Gasteiger partial charge < -0.3 is 9.72 Å². The van der Waals surface area contributed by atoms with E-state index in [0.717, 1.165) is 0 Å². The number of hydrogen-bond acceptors (Lipinski definition) is 2. The monoisotopic (exact) mass is 345 g/mol. The summed E-state index contributed by atoms with van der Waals surface area (Å²) in [6, 6.07) is 4.95. The molecule has 1 aromatic heterocycles. The summed E-state index contributed by atoms with van der Waals surface area (Å²) in [6.45, 7) is 0. The fourth-order valence-electron chi connectivity index (χ4n) is 2.07. The molecule has 0 saturated heterocycles.